The van der Waals surface area contributed by atoms with Crippen LogP contribution in [0.5, 0.6) is 5.75 Å². The first-order valence-corrected chi connectivity index (χ1v) is 11.8. The van der Waals surface area contributed by atoms with E-state index in [4.69, 9.17) is 16.3 Å². The highest BCUT2D eigenvalue weighted by atomic mass is 35.5. The van der Waals surface area contributed by atoms with Gasteiger partial charge in [-0.25, -0.2) is 0 Å². The summed E-state index contributed by atoms with van der Waals surface area (Å²) in [5, 5.41) is 13.0. The van der Waals surface area contributed by atoms with Crippen LogP contribution in [0.4, 0.5) is 0 Å². The summed E-state index contributed by atoms with van der Waals surface area (Å²) < 4.78 is 7.34. The van der Waals surface area contributed by atoms with E-state index >= 15 is 0 Å². The number of rotatable bonds is 9. The molecular weight excluding hydrogens is 456 g/mol. The molecule has 0 bridgehead atoms. The van der Waals surface area contributed by atoms with Gasteiger partial charge >= 0.3 is 0 Å². The van der Waals surface area contributed by atoms with Gasteiger partial charge in [-0.1, -0.05) is 84.0 Å². The molecule has 168 valence electrons. The van der Waals surface area contributed by atoms with Crippen molar-refractivity contribution in [2.75, 3.05) is 12.9 Å². The number of nitrogens with zero attached hydrogens (tertiary/aromatic N) is 3. The van der Waals surface area contributed by atoms with Gasteiger partial charge < -0.3 is 10.1 Å². The van der Waals surface area contributed by atoms with E-state index in [1.807, 2.05) is 83.4 Å². The Hall–Kier alpha value is -3.29. The maximum absolute atomic E-state index is 12.5. The first-order chi connectivity index (χ1) is 16.2. The van der Waals surface area contributed by atoms with Crippen LogP contribution in [0.2, 0.25) is 5.02 Å². The van der Waals surface area contributed by atoms with Crippen LogP contribution in [0.3, 0.4) is 0 Å². The van der Waals surface area contributed by atoms with Crippen molar-refractivity contribution in [1.82, 2.24) is 20.1 Å². The van der Waals surface area contributed by atoms with Gasteiger partial charge in [-0.15, -0.1) is 10.2 Å². The molecule has 1 N–H and O–H groups in total. The summed E-state index contributed by atoms with van der Waals surface area (Å²) in [4.78, 5) is 12.5. The topological polar surface area (TPSA) is 69.0 Å². The molecule has 33 heavy (non-hydrogen) atoms. The molecule has 1 heterocycles. The fraction of sp³-hybridized carbons (Fsp3) is 0.160. The molecule has 0 saturated heterocycles. The molecule has 6 nitrogen and oxygen atoms in total. The third-order valence-corrected chi connectivity index (χ3v) is 6.31. The van der Waals surface area contributed by atoms with Gasteiger partial charge in [0.2, 0.25) is 5.91 Å². The monoisotopic (exact) mass is 478 g/mol. The van der Waals surface area contributed by atoms with Crippen molar-refractivity contribution in [1.29, 1.82) is 0 Å². The van der Waals surface area contributed by atoms with Crippen LogP contribution in [-0.2, 0) is 17.9 Å². The number of benzene rings is 3. The van der Waals surface area contributed by atoms with Gasteiger partial charge in [0.05, 0.1) is 24.4 Å². The second-order valence-electron chi connectivity index (χ2n) is 7.24. The molecule has 0 aliphatic carbocycles. The zero-order valence-electron chi connectivity index (χ0n) is 18.1. The zero-order chi connectivity index (χ0) is 23.0. The van der Waals surface area contributed by atoms with Crippen LogP contribution in [0.1, 0.15) is 11.1 Å². The summed E-state index contributed by atoms with van der Waals surface area (Å²) in [6.07, 6.45) is 0. The average molecular weight is 479 g/mol. The molecule has 1 amide bonds. The highest BCUT2D eigenvalue weighted by Crippen LogP contribution is 2.30. The molecule has 0 radical (unpaired) electrons. The van der Waals surface area contributed by atoms with E-state index in [9.17, 15) is 4.79 Å². The molecule has 8 heteroatoms. The number of nitrogens with one attached hydrogen (secondary N) is 1. The van der Waals surface area contributed by atoms with Crippen LogP contribution in [0, 0.1) is 0 Å². The number of halogens is 1. The summed E-state index contributed by atoms with van der Waals surface area (Å²) in [6.45, 7) is 0.963. The minimum Gasteiger partial charge on any atom is -0.496 e. The molecule has 0 fully saturated rings. The highest BCUT2D eigenvalue weighted by Gasteiger charge is 2.18. The summed E-state index contributed by atoms with van der Waals surface area (Å²) >= 11 is 7.78. The number of para-hydroxylation sites is 1. The van der Waals surface area contributed by atoms with E-state index in [1.54, 1.807) is 7.11 Å². The number of thioether (sulfide) groups is 1. The van der Waals surface area contributed by atoms with Gasteiger partial charge in [-0.2, -0.15) is 0 Å². The molecular formula is C25H23ClN4O2S. The van der Waals surface area contributed by atoms with Crippen molar-refractivity contribution in [3.8, 4) is 17.1 Å². The van der Waals surface area contributed by atoms with Crippen LogP contribution in [-0.4, -0.2) is 33.5 Å². The summed E-state index contributed by atoms with van der Waals surface area (Å²) in [5.74, 6) is 1.53. The Morgan fingerprint density at radius 3 is 2.52 bits per heavy atom. The van der Waals surface area contributed by atoms with Gasteiger partial charge in [0.25, 0.3) is 0 Å². The third kappa shape index (κ3) is 5.74. The summed E-state index contributed by atoms with van der Waals surface area (Å²) in [5.41, 5.74) is 2.83. The fourth-order valence-electron chi connectivity index (χ4n) is 3.37. The fourth-order valence-corrected chi connectivity index (χ4v) is 4.36. The maximum atomic E-state index is 12.5. The van der Waals surface area contributed by atoms with Crippen LogP contribution in [0.15, 0.2) is 84.0 Å². The number of amides is 1. The van der Waals surface area contributed by atoms with E-state index in [2.05, 4.69) is 15.5 Å². The lowest BCUT2D eigenvalue weighted by Crippen LogP contribution is -2.25. The molecule has 4 rings (SSSR count). The zero-order valence-corrected chi connectivity index (χ0v) is 19.6. The maximum Gasteiger partial charge on any atom is 0.230 e. The third-order valence-electron chi connectivity index (χ3n) is 5.02. The second-order valence-corrected chi connectivity index (χ2v) is 8.58. The van der Waals surface area contributed by atoms with E-state index in [1.165, 1.54) is 11.8 Å². The first-order valence-electron chi connectivity index (χ1n) is 10.4. The molecule has 4 aromatic rings. The Labute approximate surface area is 202 Å². The molecule has 0 aliphatic heterocycles. The van der Waals surface area contributed by atoms with Crippen molar-refractivity contribution < 1.29 is 9.53 Å². The Balaban J connectivity index is 1.50. The molecule has 0 saturated carbocycles. The highest BCUT2D eigenvalue weighted by molar-refractivity contribution is 7.99. The number of carbonyl (C=O) groups excluding carboxylic acids is 1. The van der Waals surface area contributed by atoms with Crippen molar-refractivity contribution in [3.63, 3.8) is 0 Å². The standard InChI is InChI=1S/C25H23ClN4O2S/c1-32-22-14-8-5-11-19(22)15-27-23(31)17-33-25-29-28-24(20-12-6-7-13-21(20)26)30(25)16-18-9-3-2-4-10-18/h2-14H,15-17H2,1H3,(H,27,31). The van der Waals surface area contributed by atoms with E-state index < -0.39 is 0 Å². The predicted molar refractivity (Wildman–Crippen MR) is 132 cm³/mol. The number of methoxy groups -OCH3 is 1. The van der Waals surface area contributed by atoms with E-state index in [-0.39, 0.29) is 11.7 Å². The number of hydrogen-bond acceptors (Lipinski definition) is 5. The number of hydrogen-bond donors (Lipinski definition) is 1. The Bertz CT molecular complexity index is 1230. The number of ether oxygens (including phenoxy) is 1. The molecule has 0 spiro atoms. The smallest absolute Gasteiger partial charge is 0.230 e. The minimum absolute atomic E-state index is 0.0977. The summed E-state index contributed by atoms with van der Waals surface area (Å²) in [7, 11) is 1.62. The minimum atomic E-state index is -0.0977. The molecule has 1 aromatic heterocycles. The Morgan fingerprint density at radius 2 is 1.73 bits per heavy atom. The predicted octanol–water partition coefficient (Wildman–Crippen LogP) is 5.06. The normalized spacial score (nSPS) is 10.7. The van der Waals surface area contributed by atoms with Gasteiger partial charge in [0, 0.05) is 17.7 Å². The van der Waals surface area contributed by atoms with E-state index in [0.717, 1.165) is 22.4 Å². The van der Waals surface area contributed by atoms with Gasteiger partial charge in [-0.05, 0) is 23.8 Å². The van der Waals surface area contributed by atoms with Crippen molar-refractivity contribution in [2.45, 2.75) is 18.2 Å². The Morgan fingerprint density at radius 1 is 1.00 bits per heavy atom. The quantitative estimate of drug-likeness (QED) is 0.340. The number of aromatic nitrogens is 3. The molecule has 0 unspecified atom stereocenters. The summed E-state index contributed by atoms with van der Waals surface area (Å²) in [6, 6.07) is 25.2. The van der Waals surface area contributed by atoms with Crippen LogP contribution < -0.4 is 10.1 Å². The average Bonchev–Trinajstić information content (AvgIpc) is 3.24. The van der Waals surface area contributed by atoms with Crippen molar-refractivity contribution in [3.05, 3.63) is 95.0 Å². The van der Waals surface area contributed by atoms with Gasteiger partial charge in [0.1, 0.15) is 5.75 Å². The van der Waals surface area contributed by atoms with Crippen molar-refractivity contribution >= 4 is 29.3 Å². The Kier molecular flexibility index (Phi) is 7.65. The molecule has 3 aromatic carbocycles. The molecule has 0 aliphatic rings. The lowest BCUT2D eigenvalue weighted by atomic mass is 10.2. The lowest BCUT2D eigenvalue weighted by Gasteiger charge is -2.12. The van der Waals surface area contributed by atoms with Crippen molar-refractivity contribution in [2.24, 2.45) is 0 Å². The number of carbonyl (C=O) groups is 1. The van der Waals surface area contributed by atoms with Gasteiger partial charge in [0.15, 0.2) is 11.0 Å². The van der Waals surface area contributed by atoms with E-state index in [0.29, 0.717) is 29.1 Å². The largest absolute Gasteiger partial charge is 0.496 e. The SMILES string of the molecule is COc1ccccc1CNC(=O)CSc1nnc(-c2ccccc2Cl)n1Cc1ccccc1. The van der Waals surface area contributed by atoms with Crippen LogP contribution in [0.25, 0.3) is 11.4 Å². The van der Waals surface area contributed by atoms with Gasteiger partial charge in [-0.3, -0.25) is 9.36 Å². The molecule has 0 atom stereocenters. The lowest BCUT2D eigenvalue weighted by molar-refractivity contribution is -0.118. The first kappa shape index (κ1) is 22.9. The van der Waals surface area contributed by atoms with Crippen LogP contribution >= 0.6 is 23.4 Å². The second kappa shape index (κ2) is 11.0.